The highest BCUT2D eigenvalue weighted by Crippen LogP contribution is 2.22. The van der Waals surface area contributed by atoms with Crippen LogP contribution in [-0.4, -0.2) is 34.5 Å². The molecular formula is C24H32N4O4. The molecule has 0 aliphatic heterocycles. The summed E-state index contributed by atoms with van der Waals surface area (Å²) in [6.07, 6.45) is -0.0732. The lowest BCUT2D eigenvalue weighted by molar-refractivity contribution is -0.120. The second kappa shape index (κ2) is 10.7. The largest absolute Gasteiger partial charge is 0.444 e. The molecule has 3 amide bonds. The van der Waals surface area contributed by atoms with Gasteiger partial charge in [0.05, 0.1) is 5.69 Å². The highest BCUT2D eigenvalue weighted by molar-refractivity contribution is 5.96. The number of nitrogens with two attached hydrogens (primary N) is 1. The van der Waals surface area contributed by atoms with E-state index in [9.17, 15) is 14.4 Å². The summed E-state index contributed by atoms with van der Waals surface area (Å²) in [5.74, 6) is -0.862. The van der Waals surface area contributed by atoms with Crippen LogP contribution in [0.4, 0.5) is 4.79 Å². The molecule has 1 heterocycles. The Labute approximate surface area is 188 Å². The molecule has 0 saturated carbocycles. The van der Waals surface area contributed by atoms with Crippen molar-refractivity contribution >= 4 is 17.9 Å². The van der Waals surface area contributed by atoms with Gasteiger partial charge in [-0.25, -0.2) is 9.78 Å². The fourth-order valence-electron chi connectivity index (χ4n) is 3.07. The van der Waals surface area contributed by atoms with Gasteiger partial charge in [-0.1, -0.05) is 44.2 Å². The second-order valence-electron chi connectivity index (χ2n) is 8.98. The smallest absolute Gasteiger partial charge is 0.407 e. The van der Waals surface area contributed by atoms with Crippen LogP contribution in [0.25, 0.3) is 11.3 Å². The minimum Gasteiger partial charge on any atom is -0.444 e. The van der Waals surface area contributed by atoms with Crippen LogP contribution in [0.2, 0.25) is 0 Å². The Morgan fingerprint density at radius 3 is 2.38 bits per heavy atom. The first kappa shape index (κ1) is 24.8. The van der Waals surface area contributed by atoms with Gasteiger partial charge in [-0.3, -0.25) is 9.59 Å². The first-order valence-corrected chi connectivity index (χ1v) is 10.6. The van der Waals surface area contributed by atoms with Crippen molar-refractivity contribution in [1.82, 2.24) is 15.6 Å². The van der Waals surface area contributed by atoms with E-state index in [0.29, 0.717) is 12.1 Å². The molecule has 172 valence electrons. The number of aromatic nitrogens is 1. The van der Waals surface area contributed by atoms with E-state index in [2.05, 4.69) is 15.6 Å². The van der Waals surface area contributed by atoms with Gasteiger partial charge in [0.15, 0.2) is 0 Å². The van der Waals surface area contributed by atoms with Crippen molar-refractivity contribution in [2.24, 2.45) is 11.7 Å². The minimum absolute atomic E-state index is 0.174. The van der Waals surface area contributed by atoms with Crippen LogP contribution in [0.3, 0.4) is 0 Å². The number of alkyl carbamates (subject to hydrolysis) is 1. The molecule has 0 aliphatic rings. The third kappa shape index (κ3) is 7.68. The summed E-state index contributed by atoms with van der Waals surface area (Å²) < 4.78 is 5.28. The molecule has 32 heavy (non-hydrogen) atoms. The quantitative estimate of drug-likeness (QED) is 0.580. The topological polar surface area (TPSA) is 123 Å². The van der Waals surface area contributed by atoms with Crippen molar-refractivity contribution < 1.29 is 19.1 Å². The number of rotatable bonds is 8. The number of hydrogen-bond donors (Lipinski definition) is 3. The number of amides is 3. The molecule has 0 unspecified atom stereocenters. The van der Waals surface area contributed by atoms with Crippen LogP contribution in [0.1, 0.15) is 57.1 Å². The van der Waals surface area contributed by atoms with Gasteiger partial charge in [0.1, 0.15) is 17.3 Å². The number of primary amides is 1. The predicted octanol–water partition coefficient (Wildman–Crippen LogP) is 3.40. The van der Waals surface area contributed by atoms with Crippen molar-refractivity contribution in [3.8, 4) is 11.3 Å². The summed E-state index contributed by atoms with van der Waals surface area (Å²) in [6, 6.07) is 11.8. The zero-order chi connectivity index (χ0) is 23.9. The fourth-order valence-corrected chi connectivity index (χ4v) is 3.07. The van der Waals surface area contributed by atoms with E-state index in [-0.39, 0.29) is 18.2 Å². The van der Waals surface area contributed by atoms with E-state index in [4.69, 9.17) is 10.5 Å². The predicted molar refractivity (Wildman–Crippen MR) is 123 cm³/mol. The van der Waals surface area contributed by atoms with Crippen LogP contribution < -0.4 is 16.4 Å². The van der Waals surface area contributed by atoms with E-state index < -0.39 is 29.6 Å². The van der Waals surface area contributed by atoms with Gasteiger partial charge < -0.3 is 21.1 Å². The van der Waals surface area contributed by atoms with Crippen molar-refractivity contribution in [2.75, 3.05) is 0 Å². The average molecular weight is 441 g/mol. The minimum atomic E-state index is -0.765. The third-order valence-corrected chi connectivity index (χ3v) is 4.45. The molecule has 0 radical (unpaired) electrons. The lowest BCUT2D eigenvalue weighted by Crippen LogP contribution is -2.45. The van der Waals surface area contributed by atoms with Gasteiger partial charge in [0, 0.05) is 12.1 Å². The van der Waals surface area contributed by atoms with Crippen LogP contribution in [0, 0.1) is 5.92 Å². The molecule has 1 atom stereocenters. The highest BCUT2D eigenvalue weighted by Gasteiger charge is 2.21. The van der Waals surface area contributed by atoms with Gasteiger partial charge in [0.2, 0.25) is 5.91 Å². The van der Waals surface area contributed by atoms with Gasteiger partial charge >= 0.3 is 6.09 Å². The molecular weight excluding hydrogens is 408 g/mol. The maximum Gasteiger partial charge on any atom is 0.407 e. The fraction of sp³-hybridized carbons (Fsp3) is 0.417. The Morgan fingerprint density at radius 1 is 1.06 bits per heavy atom. The number of nitrogens with zero attached hydrogens (tertiary/aromatic N) is 1. The number of nitrogens with one attached hydrogen (secondary N) is 2. The van der Waals surface area contributed by atoms with Crippen LogP contribution in [-0.2, 0) is 16.1 Å². The van der Waals surface area contributed by atoms with Gasteiger partial charge in [-0.15, -0.1) is 0 Å². The number of benzene rings is 1. The number of carbonyl (C=O) groups is 3. The lowest BCUT2D eigenvalue weighted by atomic mass is 10.0. The van der Waals surface area contributed by atoms with Crippen LogP contribution in [0.15, 0.2) is 42.5 Å². The average Bonchev–Trinajstić information content (AvgIpc) is 2.70. The second-order valence-corrected chi connectivity index (χ2v) is 8.98. The summed E-state index contributed by atoms with van der Waals surface area (Å²) in [4.78, 5) is 40.9. The molecule has 8 heteroatoms. The highest BCUT2D eigenvalue weighted by atomic mass is 16.6. The molecule has 0 saturated heterocycles. The maximum absolute atomic E-state index is 12.7. The molecule has 8 nitrogen and oxygen atoms in total. The summed E-state index contributed by atoms with van der Waals surface area (Å²) in [6.45, 7) is 9.52. The summed E-state index contributed by atoms with van der Waals surface area (Å²) in [7, 11) is 0. The lowest BCUT2D eigenvalue weighted by Gasteiger charge is -2.20. The zero-order valence-electron chi connectivity index (χ0n) is 19.3. The Hall–Kier alpha value is -3.42. The first-order chi connectivity index (χ1) is 15.0. The van der Waals surface area contributed by atoms with Gasteiger partial charge in [0.25, 0.3) is 5.91 Å². The van der Waals surface area contributed by atoms with Crippen molar-refractivity contribution in [3.63, 3.8) is 0 Å². The Bertz CT molecular complexity index is 966. The molecule has 1 aromatic carbocycles. The summed E-state index contributed by atoms with van der Waals surface area (Å²) in [5, 5.41) is 5.41. The van der Waals surface area contributed by atoms with E-state index in [1.807, 2.05) is 38.1 Å². The SMILES string of the molecule is CC(C)C[C@H](NC(=O)c1cccc(-c2ccccc2CNC(=O)OC(C)(C)C)n1)C(N)=O. The van der Waals surface area contributed by atoms with Crippen molar-refractivity contribution in [1.29, 1.82) is 0 Å². The first-order valence-electron chi connectivity index (χ1n) is 10.6. The van der Waals surface area contributed by atoms with E-state index in [1.54, 1.807) is 39.0 Å². The van der Waals surface area contributed by atoms with Crippen molar-refractivity contribution in [3.05, 3.63) is 53.7 Å². The number of ether oxygens (including phenoxy) is 1. The normalized spacial score (nSPS) is 12.2. The third-order valence-electron chi connectivity index (χ3n) is 4.45. The molecule has 0 aliphatic carbocycles. The summed E-state index contributed by atoms with van der Waals surface area (Å²) >= 11 is 0. The Morgan fingerprint density at radius 2 is 1.75 bits per heavy atom. The van der Waals surface area contributed by atoms with E-state index in [1.165, 1.54) is 0 Å². The molecule has 1 aromatic heterocycles. The monoisotopic (exact) mass is 440 g/mol. The maximum atomic E-state index is 12.7. The molecule has 4 N–H and O–H groups in total. The summed E-state index contributed by atoms with van der Waals surface area (Å²) in [5.41, 5.74) is 7.17. The molecule has 2 rings (SSSR count). The number of carbonyl (C=O) groups excluding carboxylic acids is 3. The standard InChI is InChI=1S/C24H32N4O4/c1-15(2)13-20(21(25)29)28-22(30)19-12-8-11-18(27-19)17-10-7-6-9-16(17)14-26-23(31)32-24(3,4)5/h6-12,15,20H,13-14H2,1-5H3,(H2,25,29)(H,26,31)(H,28,30)/t20-/m0/s1. The molecule has 2 aromatic rings. The molecule has 0 spiro atoms. The number of hydrogen-bond acceptors (Lipinski definition) is 5. The zero-order valence-corrected chi connectivity index (χ0v) is 19.3. The molecule has 0 fully saturated rings. The van der Waals surface area contributed by atoms with Gasteiger partial charge in [-0.2, -0.15) is 0 Å². The van der Waals surface area contributed by atoms with Crippen LogP contribution in [0.5, 0.6) is 0 Å². The van der Waals surface area contributed by atoms with Crippen molar-refractivity contribution in [2.45, 2.75) is 59.2 Å². The van der Waals surface area contributed by atoms with E-state index in [0.717, 1.165) is 11.1 Å². The number of pyridine rings is 1. The molecule has 0 bridgehead atoms. The Kier molecular flexibility index (Phi) is 8.34. The van der Waals surface area contributed by atoms with E-state index >= 15 is 0 Å². The Balaban J connectivity index is 2.20. The van der Waals surface area contributed by atoms with Crippen LogP contribution >= 0.6 is 0 Å². The van der Waals surface area contributed by atoms with Gasteiger partial charge in [-0.05, 0) is 50.8 Å².